The Balaban J connectivity index is 2.49. The van der Waals surface area contributed by atoms with Crippen molar-refractivity contribution in [1.29, 1.82) is 5.26 Å². The average molecular weight is 185 g/mol. The van der Waals surface area contributed by atoms with E-state index in [-0.39, 0.29) is 0 Å². The van der Waals surface area contributed by atoms with Gasteiger partial charge in [0.15, 0.2) is 0 Å². The Morgan fingerprint density at radius 2 is 2.43 bits per heavy atom. The first-order valence-electron chi connectivity index (χ1n) is 4.36. The molecule has 0 atom stereocenters. The zero-order valence-corrected chi connectivity index (χ0v) is 7.40. The lowest BCUT2D eigenvalue weighted by molar-refractivity contribution is 0.0999. The molecule has 1 aliphatic heterocycles. The van der Waals surface area contributed by atoms with Crippen LogP contribution >= 0.6 is 0 Å². The minimum absolute atomic E-state index is 0.534. The highest BCUT2D eigenvalue weighted by molar-refractivity contribution is 5.63. The molecule has 3 heterocycles. The summed E-state index contributed by atoms with van der Waals surface area (Å²) in [7, 11) is 0. The summed E-state index contributed by atoms with van der Waals surface area (Å²) in [5.74, 6) is 0. The normalized spacial score (nSPS) is 14.2. The molecule has 0 amide bonds. The van der Waals surface area contributed by atoms with Gasteiger partial charge in [-0.2, -0.15) is 5.26 Å². The predicted molar refractivity (Wildman–Crippen MR) is 48.4 cm³/mol. The third-order valence-corrected chi connectivity index (χ3v) is 2.45. The van der Waals surface area contributed by atoms with Crippen molar-refractivity contribution in [1.82, 2.24) is 9.38 Å². The minimum atomic E-state index is 0.534. The van der Waals surface area contributed by atoms with E-state index in [4.69, 9.17) is 10.00 Å². The van der Waals surface area contributed by atoms with Crippen molar-refractivity contribution in [2.75, 3.05) is 0 Å². The smallest absolute Gasteiger partial charge is 0.125 e. The molecule has 0 bridgehead atoms. The van der Waals surface area contributed by atoms with E-state index in [1.54, 1.807) is 6.20 Å². The van der Waals surface area contributed by atoms with E-state index in [2.05, 4.69) is 11.1 Å². The fourth-order valence-electron chi connectivity index (χ4n) is 1.87. The predicted octanol–water partition coefficient (Wildman–Crippen LogP) is 1.24. The highest BCUT2D eigenvalue weighted by atomic mass is 16.5. The van der Waals surface area contributed by atoms with E-state index in [0.29, 0.717) is 18.9 Å². The molecule has 0 fully saturated rings. The van der Waals surface area contributed by atoms with Crippen molar-refractivity contribution in [2.24, 2.45) is 0 Å². The summed E-state index contributed by atoms with van der Waals surface area (Å²) in [6.07, 6.45) is 3.51. The molecule has 0 aliphatic carbocycles. The quantitative estimate of drug-likeness (QED) is 0.620. The third kappa shape index (κ3) is 0.820. The highest BCUT2D eigenvalue weighted by Crippen LogP contribution is 2.24. The molecular weight excluding hydrogens is 178 g/mol. The largest absolute Gasteiger partial charge is 0.370 e. The van der Waals surface area contributed by atoms with Gasteiger partial charge in [0.1, 0.15) is 11.8 Å². The van der Waals surface area contributed by atoms with Crippen molar-refractivity contribution in [2.45, 2.75) is 13.2 Å². The summed E-state index contributed by atoms with van der Waals surface area (Å²) in [6.45, 7) is 1.11. The number of nitriles is 1. The molecule has 14 heavy (non-hydrogen) atoms. The molecule has 3 rings (SSSR count). The number of aromatic nitrogens is 2. The van der Waals surface area contributed by atoms with E-state index in [1.807, 2.05) is 16.7 Å². The van der Waals surface area contributed by atoms with Gasteiger partial charge in [0, 0.05) is 18.0 Å². The molecule has 0 unspecified atom stereocenters. The summed E-state index contributed by atoms with van der Waals surface area (Å²) in [5.41, 5.74) is 3.64. The summed E-state index contributed by atoms with van der Waals surface area (Å²) < 4.78 is 7.23. The van der Waals surface area contributed by atoms with Crippen molar-refractivity contribution in [3.05, 3.63) is 35.4 Å². The number of ether oxygens (including phenoxy) is 1. The zero-order chi connectivity index (χ0) is 9.54. The van der Waals surface area contributed by atoms with Crippen LogP contribution in [0.4, 0.5) is 0 Å². The second-order valence-corrected chi connectivity index (χ2v) is 3.25. The maximum Gasteiger partial charge on any atom is 0.125 e. The molecule has 2 aromatic rings. The Morgan fingerprint density at radius 3 is 3.29 bits per heavy atom. The minimum Gasteiger partial charge on any atom is -0.370 e. The van der Waals surface area contributed by atoms with Crippen LogP contribution in [-0.2, 0) is 18.0 Å². The standard InChI is InChI=1S/C10H7N3O/c11-4-8-3-7-5-14-6-9-10(7)13(8)2-1-12-9/h1-3H,5-6H2. The van der Waals surface area contributed by atoms with Crippen LogP contribution in [-0.4, -0.2) is 9.38 Å². The van der Waals surface area contributed by atoms with Crippen LogP contribution in [0.1, 0.15) is 17.0 Å². The Bertz CT molecular complexity index is 550. The number of rotatable bonds is 0. The molecule has 68 valence electrons. The van der Waals surface area contributed by atoms with E-state index in [0.717, 1.165) is 16.8 Å². The first-order chi connectivity index (χ1) is 6.90. The van der Waals surface area contributed by atoms with Crippen molar-refractivity contribution >= 4 is 5.52 Å². The third-order valence-electron chi connectivity index (χ3n) is 2.45. The van der Waals surface area contributed by atoms with Gasteiger partial charge in [-0.05, 0) is 6.07 Å². The number of nitrogens with zero attached hydrogens (tertiary/aromatic N) is 3. The Labute approximate surface area is 80.4 Å². The SMILES string of the molecule is N#Cc1cc2c3c(nccn13)COC2. The maximum absolute atomic E-state index is 8.92. The topological polar surface area (TPSA) is 50.3 Å². The molecule has 1 aliphatic rings. The lowest BCUT2D eigenvalue weighted by atomic mass is 10.2. The van der Waals surface area contributed by atoms with Crippen molar-refractivity contribution in [3.63, 3.8) is 0 Å². The first kappa shape index (κ1) is 7.54. The van der Waals surface area contributed by atoms with Gasteiger partial charge >= 0.3 is 0 Å². The summed E-state index contributed by atoms with van der Waals surface area (Å²) in [4.78, 5) is 4.23. The molecule has 2 aromatic heterocycles. The van der Waals surface area contributed by atoms with Crippen molar-refractivity contribution < 1.29 is 4.74 Å². The van der Waals surface area contributed by atoms with Crippen LogP contribution in [0.5, 0.6) is 0 Å². The Hall–Kier alpha value is -1.86. The van der Waals surface area contributed by atoms with Crippen LogP contribution in [0.15, 0.2) is 18.5 Å². The summed E-state index contributed by atoms with van der Waals surface area (Å²) in [6, 6.07) is 4.02. The average Bonchev–Trinajstić information content (AvgIpc) is 2.60. The van der Waals surface area contributed by atoms with E-state index in [1.165, 1.54) is 0 Å². The van der Waals surface area contributed by atoms with Gasteiger partial charge in [-0.25, -0.2) is 0 Å². The molecular formula is C10H7N3O. The molecule has 0 aromatic carbocycles. The fraction of sp³-hybridized carbons (Fsp3) is 0.200. The van der Waals surface area contributed by atoms with Crippen molar-refractivity contribution in [3.8, 4) is 6.07 Å². The van der Waals surface area contributed by atoms with Gasteiger partial charge in [-0.1, -0.05) is 0 Å². The monoisotopic (exact) mass is 185 g/mol. The molecule has 4 nitrogen and oxygen atoms in total. The van der Waals surface area contributed by atoms with E-state index in [9.17, 15) is 0 Å². The van der Waals surface area contributed by atoms with Crippen LogP contribution in [0, 0.1) is 11.3 Å². The van der Waals surface area contributed by atoms with Crippen LogP contribution < -0.4 is 0 Å². The highest BCUT2D eigenvalue weighted by Gasteiger charge is 2.17. The van der Waals surface area contributed by atoms with Gasteiger partial charge < -0.3 is 9.14 Å². The first-order valence-corrected chi connectivity index (χ1v) is 4.36. The molecule has 0 radical (unpaired) electrons. The van der Waals surface area contributed by atoms with Crippen LogP contribution in [0.25, 0.3) is 5.52 Å². The van der Waals surface area contributed by atoms with Gasteiger partial charge in [-0.3, -0.25) is 4.98 Å². The number of hydrogen-bond donors (Lipinski definition) is 0. The molecule has 0 saturated heterocycles. The lowest BCUT2D eigenvalue weighted by Gasteiger charge is -2.12. The van der Waals surface area contributed by atoms with E-state index >= 15 is 0 Å². The maximum atomic E-state index is 8.92. The van der Waals surface area contributed by atoms with Gasteiger partial charge in [0.05, 0.1) is 24.4 Å². The molecule has 0 spiro atoms. The van der Waals surface area contributed by atoms with Gasteiger partial charge in [-0.15, -0.1) is 0 Å². The summed E-state index contributed by atoms with van der Waals surface area (Å²) >= 11 is 0. The molecule has 0 N–H and O–H groups in total. The second-order valence-electron chi connectivity index (χ2n) is 3.25. The Kier molecular flexibility index (Phi) is 1.38. The fourth-order valence-corrected chi connectivity index (χ4v) is 1.87. The van der Waals surface area contributed by atoms with Gasteiger partial charge in [0.2, 0.25) is 0 Å². The van der Waals surface area contributed by atoms with Gasteiger partial charge in [0.25, 0.3) is 0 Å². The van der Waals surface area contributed by atoms with E-state index < -0.39 is 0 Å². The Morgan fingerprint density at radius 1 is 1.50 bits per heavy atom. The van der Waals surface area contributed by atoms with Crippen LogP contribution in [0.3, 0.4) is 0 Å². The molecule has 0 saturated carbocycles. The van der Waals surface area contributed by atoms with Crippen LogP contribution in [0.2, 0.25) is 0 Å². The zero-order valence-electron chi connectivity index (χ0n) is 7.40. The second kappa shape index (κ2) is 2.56. The lowest BCUT2D eigenvalue weighted by Crippen LogP contribution is -2.05. The molecule has 4 heteroatoms. The summed E-state index contributed by atoms with van der Waals surface area (Å²) in [5, 5.41) is 8.92. The number of hydrogen-bond acceptors (Lipinski definition) is 3.